The van der Waals surface area contributed by atoms with E-state index in [2.05, 4.69) is 24.1 Å². The number of ether oxygens (including phenoxy) is 1. The molecule has 0 aliphatic heterocycles. The van der Waals surface area contributed by atoms with Crippen molar-refractivity contribution in [3.05, 3.63) is 15.8 Å². The van der Waals surface area contributed by atoms with E-state index in [-0.39, 0.29) is 17.2 Å². The van der Waals surface area contributed by atoms with Gasteiger partial charge >= 0.3 is 5.97 Å². The summed E-state index contributed by atoms with van der Waals surface area (Å²) < 4.78 is 4.85. The van der Waals surface area contributed by atoms with Crippen molar-refractivity contribution < 1.29 is 14.3 Å². The number of methoxy groups -OCH3 is 1. The minimum atomic E-state index is -0.443. The molecule has 0 atom stereocenters. The Morgan fingerprint density at radius 1 is 1.24 bits per heavy atom. The molecule has 0 aromatic carbocycles. The lowest BCUT2D eigenvalue weighted by Crippen LogP contribution is -2.27. The van der Waals surface area contributed by atoms with Crippen molar-refractivity contribution in [2.75, 3.05) is 12.4 Å². The lowest BCUT2D eigenvalue weighted by Gasteiger charge is -2.25. The van der Waals surface area contributed by atoms with E-state index in [0.29, 0.717) is 16.5 Å². The predicted molar refractivity (Wildman–Crippen MR) is 102 cm³/mol. The number of carbonyl (C=O) groups is 2. The van der Waals surface area contributed by atoms with E-state index in [1.807, 2.05) is 20.8 Å². The Morgan fingerprint density at radius 3 is 2.44 bits per heavy atom. The first-order valence-electron chi connectivity index (χ1n) is 8.76. The first-order valence-corrected chi connectivity index (χ1v) is 9.57. The van der Waals surface area contributed by atoms with Gasteiger partial charge in [0, 0.05) is 11.3 Å². The fourth-order valence-electron chi connectivity index (χ4n) is 2.80. The normalized spacial score (nSPS) is 20.4. The molecule has 5 heteroatoms. The molecule has 1 aromatic heterocycles. The van der Waals surface area contributed by atoms with E-state index in [4.69, 9.17) is 4.74 Å². The van der Waals surface area contributed by atoms with Crippen molar-refractivity contribution in [3.63, 3.8) is 0 Å². The van der Waals surface area contributed by atoms with Gasteiger partial charge in [-0.25, -0.2) is 4.79 Å². The highest BCUT2D eigenvalue weighted by molar-refractivity contribution is 7.15. The number of nitrogens with one attached hydrogen (secondary N) is 1. The number of thiophene rings is 1. The van der Waals surface area contributed by atoms with Crippen LogP contribution in [-0.4, -0.2) is 19.0 Å². The smallest absolute Gasteiger partial charge is 0.350 e. The molecule has 0 bridgehead atoms. The van der Waals surface area contributed by atoms with E-state index in [1.165, 1.54) is 18.4 Å². The summed E-state index contributed by atoms with van der Waals surface area (Å²) in [5, 5.41) is 2.93. The molecular formula is C20H27NO3S. The summed E-state index contributed by atoms with van der Waals surface area (Å²) in [4.78, 5) is 25.8. The lowest BCUT2D eigenvalue weighted by molar-refractivity contribution is -0.121. The van der Waals surface area contributed by atoms with Crippen LogP contribution in [0.15, 0.2) is 6.07 Å². The van der Waals surface area contributed by atoms with Crippen LogP contribution in [0.4, 0.5) is 5.69 Å². The monoisotopic (exact) mass is 361 g/mol. The Kier molecular flexibility index (Phi) is 6.29. The first-order chi connectivity index (χ1) is 11.7. The molecule has 4 nitrogen and oxygen atoms in total. The van der Waals surface area contributed by atoms with Gasteiger partial charge in [-0.1, -0.05) is 18.8 Å². The molecule has 0 spiro atoms. The van der Waals surface area contributed by atoms with E-state index >= 15 is 0 Å². The number of amides is 1. The molecular weight excluding hydrogens is 334 g/mol. The average molecular weight is 362 g/mol. The second-order valence-corrected chi connectivity index (χ2v) is 8.84. The zero-order valence-corrected chi connectivity index (χ0v) is 16.5. The van der Waals surface area contributed by atoms with Crippen LogP contribution < -0.4 is 5.32 Å². The molecule has 1 heterocycles. The molecule has 0 saturated heterocycles. The largest absolute Gasteiger partial charge is 0.465 e. The van der Waals surface area contributed by atoms with Gasteiger partial charge in [-0.05, 0) is 58.4 Å². The summed E-state index contributed by atoms with van der Waals surface area (Å²) in [5.74, 6) is 6.50. The van der Waals surface area contributed by atoms with Gasteiger partial charge in [0.25, 0.3) is 0 Å². The molecule has 1 aliphatic rings. The number of rotatable bonds is 3. The summed E-state index contributed by atoms with van der Waals surface area (Å²) in [6.07, 6.45) is 3.96. The van der Waals surface area contributed by atoms with Crippen molar-refractivity contribution >= 4 is 28.9 Å². The minimum absolute atomic E-state index is 0.00909. The standard InChI is InChI=1S/C20H27NO3S/c1-13-6-8-14(9-7-13)18(22)21-16-12-15(10-11-20(2,3)4)25-17(16)19(23)24-5/h12-14H,6-9H2,1-5H3,(H,21,22). The van der Waals surface area contributed by atoms with Gasteiger partial charge in [0.1, 0.15) is 4.88 Å². The molecule has 1 saturated carbocycles. The van der Waals surface area contributed by atoms with Gasteiger partial charge in [-0.3, -0.25) is 4.79 Å². The number of carbonyl (C=O) groups excluding carboxylic acids is 2. The highest BCUT2D eigenvalue weighted by Crippen LogP contribution is 2.32. The maximum atomic E-state index is 12.6. The van der Waals surface area contributed by atoms with Gasteiger partial charge < -0.3 is 10.1 Å². The van der Waals surface area contributed by atoms with Crippen LogP contribution in [0.5, 0.6) is 0 Å². The Morgan fingerprint density at radius 2 is 1.88 bits per heavy atom. The Balaban J connectivity index is 2.20. The van der Waals surface area contributed by atoms with Crippen LogP contribution in [0.3, 0.4) is 0 Å². The minimum Gasteiger partial charge on any atom is -0.465 e. The summed E-state index contributed by atoms with van der Waals surface area (Å²) in [7, 11) is 1.34. The number of hydrogen-bond acceptors (Lipinski definition) is 4. The third-order valence-electron chi connectivity index (χ3n) is 4.31. The Hall–Kier alpha value is -1.80. The molecule has 1 fully saturated rings. The average Bonchev–Trinajstić information content (AvgIpc) is 2.95. The van der Waals surface area contributed by atoms with Gasteiger partial charge in [0.05, 0.1) is 17.7 Å². The SMILES string of the molecule is COC(=O)c1sc(C#CC(C)(C)C)cc1NC(=O)C1CCC(C)CC1. The van der Waals surface area contributed by atoms with E-state index in [9.17, 15) is 9.59 Å². The summed E-state index contributed by atoms with van der Waals surface area (Å²) >= 11 is 1.26. The molecule has 136 valence electrons. The zero-order chi connectivity index (χ0) is 18.6. The second kappa shape index (κ2) is 8.05. The molecule has 25 heavy (non-hydrogen) atoms. The number of anilines is 1. The van der Waals surface area contributed by atoms with Crippen LogP contribution in [0, 0.1) is 29.1 Å². The van der Waals surface area contributed by atoms with Crippen molar-refractivity contribution in [1.82, 2.24) is 0 Å². The fourth-order valence-corrected chi connectivity index (χ4v) is 3.68. The molecule has 1 aliphatic carbocycles. The van der Waals surface area contributed by atoms with Crippen LogP contribution in [0.25, 0.3) is 0 Å². The first kappa shape index (κ1) is 19.5. The lowest BCUT2D eigenvalue weighted by atomic mass is 9.82. The van der Waals surface area contributed by atoms with Crippen molar-refractivity contribution in [2.24, 2.45) is 17.3 Å². The molecule has 1 aromatic rings. The van der Waals surface area contributed by atoms with Crippen LogP contribution >= 0.6 is 11.3 Å². The predicted octanol–water partition coefficient (Wildman–Crippen LogP) is 4.70. The Bertz CT molecular complexity index is 695. The van der Waals surface area contributed by atoms with Crippen molar-refractivity contribution in [2.45, 2.75) is 53.4 Å². The van der Waals surface area contributed by atoms with Crippen LogP contribution in [0.1, 0.15) is 67.9 Å². The second-order valence-electron chi connectivity index (χ2n) is 7.79. The highest BCUT2D eigenvalue weighted by atomic mass is 32.1. The quantitative estimate of drug-likeness (QED) is 0.627. The zero-order valence-electron chi connectivity index (χ0n) is 15.7. The van der Waals surface area contributed by atoms with Gasteiger partial charge in [0.2, 0.25) is 5.91 Å². The van der Waals surface area contributed by atoms with Gasteiger partial charge in [0.15, 0.2) is 0 Å². The molecule has 1 N–H and O–H groups in total. The fraction of sp³-hybridized carbons (Fsp3) is 0.600. The van der Waals surface area contributed by atoms with Gasteiger partial charge in [-0.2, -0.15) is 0 Å². The molecule has 0 radical (unpaired) electrons. The van der Waals surface area contributed by atoms with E-state index < -0.39 is 5.97 Å². The Labute approximate surface area is 154 Å². The number of esters is 1. The molecule has 2 rings (SSSR count). The van der Waals surface area contributed by atoms with E-state index in [1.54, 1.807) is 6.07 Å². The third kappa shape index (κ3) is 5.61. The third-order valence-corrected chi connectivity index (χ3v) is 5.34. The van der Waals surface area contributed by atoms with E-state index in [0.717, 1.165) is 30.6 Å². The number of hydrogen-bond donors (Lipinski definition) is 1. The highest BCUT2D eigenvalue weighted by Gasteiger charge is 2.26. The summed E-state index contributed by atoms with van der Waals surface area (Å²) in [6.45, 7) is 8.31. The topological polar surface area (TPSA) is 55.4 Å². The van der Waals surface area contributed by atoms with Crippen molar-refractivity contribution in [3.8, 4) is 11.8 Å². The summed E-state index contributed by atoms with van der Waals surface area (Å²) in [5.41, 5.74) is 0.385. The molecule has 1 amide bonds. The maximum Gasteiger partial charge on any atom is 0.350 e. The maximum absolute atomic E-state index is 12.6. The van der Waals surface area contributed by atoms with Crippen LogP contribution in [0.2, 0.25) is 0 Å². The van der Waals surface area contributed by atoms with Gasteiger partial charge in [-0.15, -0.1) is 11.3 Å². The summed E-state index contributed by atoms with van der Waals surface area (Å²) in [6, 6.07) is 1.78. The molecule has 0 unspecified atom stereocenters. The van der Waals surface area contributed by atoms with Crippen molar-refractivity contribution in [1.29, 1.82) is 0 Å². The van der Waals surface area contributed by atoms with Crippen LogP contribution in [-0.2, 0) is 9.53 Å².